The van der Waals surface area contributed by atoms with Crippen LogP contribution in [0.25, 0.3) is 0 Å². The number of fused-ring (bicyclic) bond motifs is 1. The Balaban J connectivity index is 1.67. The molecule has 5 nitrogen and oxygen atoms in total. The van der Waals surface area contributed by atoms with Crippen LogP contribution in [-0.4, -0.2) is 30.2 Å². The number of hydrazone groups is 1. The Morgan fingerprint density at radius 2 is 1.97 bits per heavy atom. The third-order valence-corrected chi connectivity index (χ3v) is 8.41. The molecule has 1 unspecified atom stereocenters. The van der Waals surface area contributed by atoms with Crippen LogP contribution in [0, 0.1) is 11.6 Å². The molecule has 2 aromatic carbocycles. The predicted molar refractivity (Wildman–Crippen MR) is 128 cm³/mol. The lowest BCUT2D eigenvalue weighted by Gasteiger charge is -2.35. The second kappa shape index (κ2) is 8.46. The van der Waals surface area contributed by atoms with Gasteiger partial charge in [0.2, 0.25) is 5.13 Å². The lowest BCUT2D eigenvalue weighted by atomic mass is 10.0. The number of aromatic nitrogens is 1. The standard InChI is InChI=1S/C23H23F2N5S2/c1-29-13-10-19-21(29)31-22(27-19)30-23(11-5-12-26,15-6-3-2-4-7-15)32-20(28-30)17-14-16(24)8-9-18(17)25/h2-4,6-9,14H,5,10-13,26H2,1H3. The van der Waals surface area contributed by atoms with Gasteiger partial charge in [-0.05, 0) is 43.1 Å². The van der Waals surface area contributed by atoms with Crippen molar-refractivity contribution < 1.29 is 8.78 Å². The summed E-state index contributed by atoms with van der Waals surface area (Å²) >= 11 is 3.02. The van der Waals surface area contributed by atoms with Crippen molar-refractivity contribution in [3.05, 3.63) is 77.0 Å². The molecule has 2 aliphatic heterocycles. The second-order valence-corrected chi connectivity index (χ2v) is 10.1. The van der Waals surface area contributed by atoms with Crippen molar-refractivity contribution in [1.82, 2.24) is 4.98 Å². The molecule has 2 aliphatic rings. The normalized spacial score (nSPS) is 20.1. The number of likely N-dealkylation sites (N-methyl/N-ethyl adjacent to an activating group) is 1. The molecule has 5 rings (SSSR count). The Hall–Kier alpha value is -2.49. The highest BCUT2D eigenvalue weighted by atomic mass is 32.2. The van der Waals surface area contributed by atoms with Crippen molar-refractivity contribution in [3.63, 3.8) is 0 Å². The molecule has 0 saturated carbocycles. The number of benzene rings is 2. The lowest BCUT2D eigenvalue weighted by Crippen LogP contribution is -2.38. The number of thiazole rings is 1. The van der Waals surface area contributed by atoms with Gasteiger partial charge < -0.3 is 10.6 Å². The molecule has 0 fully saturated rings. The Morgan fingerprint density at radius 3 is 2.72 bits per heavy atom. The topological polar surface area (TPSA) is 57.8 Å². The van der Waals surface area contributed by atoms with Crippen LogP contribution in [0.15, 0.2) is 53.6 Å². The molecule has 0 amide bonds. The number of hydrogen-bond acceptors (Lipinski definition) is 7. The fourth-order valence-corrected chi connectivity index (χ4v) is 6.75. The van der Waals surface area contributed by atoms with Gasteiger partial charge >= 0.3 is 0 Å². The largest absolute Gasteiger partial charge is 0.365 e. The Labute approximate surface area is 193 Å². The smallest absolute Gasteiger partial charge is 0.209 e. The first kappa shape index (κ1) is 21.4. The fraction of sp³-hybridized carbons (Fsp3) is 0.304. The second-order valence-electron chi connectivity index (χ2n) is 7.91. The van der Waals surface area contributed by atoms with Crippen molar-refractivity contribution in [2.45, 2.75) is 24.1 Å². The van der Waals surface area contributed by atoms with Crippen LogP contribution in [0.2, 0.25) is 0 Å². The monoisotopic (exact) mass is 471 g/mol. The van der Waals surface area contributed by atoms with E-state index in [0.29, 0.717) is 18.0 Å². The van der Waals surface area contributed by atoms with Gasteiger partial charge in [0.05, 0.1) is 5.69 Å². The summed E-state index contributed by atoms with van der Waals surface area (Å²) in [5.41, 5.74) is 8.14. The maximum Gasteiger partial charge on any atom is 0.209 e. The third-order valence-electron chi connectivity index (χ3n) is 5.78. The average Bonchev–Trinajstić information content (AvgIpc) is 3.49. The molecule has 0 spiro atoms. The van der Waals surface area contributed by atoms with E-state index in [0.717, 1.165) is 52.9 Å². The minimum Gasteiger partial charge on any atom is -0.365 e. The van der Waals surface area contributed by atoms with E-state index in [1.807, 2.05) is 35.3 Å². The predicted octanol–water partition coefficient (Wildman–Crippen LogP) is 4.92. The van der Waals surface area contributed by atoms with Crippen LogP contribution < -0.4 is 15.6 Å². The Kier molecular flexibility index (Phi) is 5.65. The van der Waals surface area contributed by atoms with Crippen molar-refractivity contribution in [2.24, 2.45) is 10.8 Å². The summed E-state index contributed by atoms with van der Waals surface area (Å²) in [6, 6.07) is 13.5. The molecular weight excluding hydrogens is 448 g/mol. The first-order valence-electron chi connectivity index (χ1n) is 10.5. The SMILES string of the molecule is CN1CCc2nc(N3N=C(c4cc(F)ccc4F)SC3(CCCN)c3ccccc3)sc21. The number of anilines is 2. The van der Waals surface area contributed by atoms with E-state index in [9.17, 15) is 8.78 Å². The number of halogens is 2. The molecular formula is C23H23F2N5S2. The number of hydrogen-bond donors (Lipinski definition) is 1. The van der Waals surface area contributed by atoms with Gasteiger partial charge in [0, 0.05) is 25.6 Å². The molecule has 9 heteroatoms. The van der Waals surface area contributed by atoms with Gasteiger partial charge in [-0.15, -0.1) is 0 Å². The van der Waals surface area contributed by atoms with E-state index in [1.54, 1.807) is 11.3 Å². The molecule has 3 heterocycles. The molecule has 0 aliphatic carbocycles. The Bertz CT molecular complexity index is 1170. The number of rotatable bonds is 6. The summed E-state index contributed by atoms with van der Waals surface area (Å²) in [6.45, 7) is 1.47. The lowest BCUT2D eigenvalue weighted by molar-refractivity contribution is 0.526. The maximum atomic E-state index is 14.7. The van der Waals surface area contributed by atoms with E-state index < -0.39 is 16.5 Å². The van der Waals surface area contributed by atoms with E-state index in [1.165, 1.54) is 17.8 Å². The summed E-state index contributed by atoms with van der Waals surface area (Å²) in [5.74, 6) is -0.994. The third kappa shape index (κ3) is 3.58. The first-order chi connectivity index (χ1) is 15.5. The fourth-order valence-electron chi connectivity index (χ4n) is 4.14. The summed E-state index contributed by atoms with van der Waals surface area (Å²) in [6.07, 6.45) is 2.32. The summed E-state index contributed by atoms with van der Waals surface area (Å²) < 4.78 is 28.7. The molecule has 0 radical (unpaired) electrons. The van der Waals surface area contributed by atoms with Crippen LogP contribution in [0.4, 0.5) is 18.9 Å². The van der Waals surface area contributed by atoms with Gasteiger partial charge in [0.1, 0.15) is 26.6 Å². The van der Waals surface area contributed by atoms with Crippen LogP contribution >= 0.6 is 23.1 Å². The van der Waals surface area contributed by atoms with Crippen LogP contribution in [0.1, 0.15) is 29.7 Å². The van der Waals surface area contributed by atoms with Gasteiger partial charge in [0.15, 0.2) is 0 Å². The highest BCUT2D eigenvalue weighted by molar-refractivity contribution is 8.15. The van der Waals surface area contributed by atoms with Gasteiger partial charge in [0.25, 0.3) is 0 Å². The van der Waals surface area contributed by atoms with Gasteiger partial charge in [-0.25, -0.2) is 18.8 Å². The molecule has 1 atom stereocenters. The van der Waals surface area contributed by atoms with Crippen LogP contribution in [-0.2, 0) is 11.3 Å². The molecule has 2 N–H and O–H groups in total. The van der Waals surface area contributed by atoms with E-state index in [2.05, 4.69) is 11.9 Å². The summed E-state index contributed by atoms with van der Waals surface area (Å²) in [4.78, 5) is 6.44. The van der Waals surface area contributed by atoms with Crippen molar-refractivity contribution >= 4 is 38.3 Å². The molecule has 1 aromatic heterocycles. The number of nitrogens with zero attached hydrogens (tertiary/aromatic N) is 4. The van der Waals surface area contributed by atoms with E-state index >= 15 is 0 Å². The van der Waals surface area contributed by atoms with Crippen LogP contribution in [0.3, 0.4) is 0 Å². The minimum atomic E-state index is -0.654. The van der Waals surface area contributed by atoms with Gasteiger partial charge in [-0.1, -0.05) is 53.4 Å². The van der Waals surface area contributed by atoms with E-state index in [4.69, 9.17) is 15.8 Å². The molecule has 3 aromatic rings. The molecule has 0 bridgehead atoms. The van der Waals surface area contributed by atoms with Gasteiger partial charge in [-0.2, -0.15) is 5.10 Å². The van der Waals surface area contributed by atoms with Crippen molar-refractivity contribution in [2.75, 3.05) is 30.0 Å². The number of thioether (sulfide) groups is 1. The average molecular weight is 472 g/mol. The zero-order chi connectivity index (χ0) is 22.3. The van der Waals surface area contributed by atoms with Gasteiger partial charge in [-0.3, -0.25) is 0 Å². The molecule has 32 heavy (non-hydrogen) atoms. The zero-order valence-corrected chi connectivity index (χ0v) is 19.2. The first-order valence-corrected chi connectivity index (χ1v) is 12.1. The van der Waals surface area contributed by atoms with Crippen molar-refractivity contribution in [1.29, 1.82) is 0 Å². The summed E-state index contributed by atoms with van der Waals surface area (Å²) in [5, 5.41) is 9.07. The maximum absolute atomic E-state index is 14.7. The molecule has 0 saturated heterocycles. The molecule has 166 valence electrons. The summed E-state index contributed by atoms with van der Waals surface area (Å²) in [7, 11) is 2.06. The highest BCUT2D eigenvalue weighted by Crippen LogP contribution is 2.54. The van der Waals surface area contributed by atoms with Crippen LogP contribution in [0.5, 0.6) is 0 Å². The minimum absolute atomic E-state index is 0.159. The number of nitrogens with two attached hydrogens (primary N) is 1. The highest BCUT2D eigenvalue weighted by Gasteiger charge is 2.48. The Morgan fingerprint density at radius 1 is 1.16 bits per heavy atom. The van der Waals surface area contributed by atoms with E-state index in [-0.39, 0.29) is 5.56 Å². The van der Waals surface area contributed by atoms with Crippen molar-refractivity contribution in [3.8, 4) is 0 Å². The zero-order valence-electron chi connectivity index (χ0n) is 17.6. The quantitative estimate of drug-likeness (QED) is 0.553.